The molecule has 4 N–H and O–H groups in total. The van der Waals surface area contributed by atoms with Crippen LogP contribution < -0.4 is 0 Å². The second-order valence-electron chi connectivity index (χ2n) is 4.65. The second kappa shape index (κ2) is 12.2. The summed E-state index contributed by atoms with van der Waals surface area (Å²) >= 11 is 1.58. The lowest BCUT2D eigenvalue weighted by Crippen LogP contribution is -2.40. The van der Waals surface area contributed by atoms with Gasteiger partial charge in [-0.05, 0) is 12.2 Å². The maximum Gasteiger partial charge on any atom is 0.109 e. The summed E-state index contributed by atoms with van der Waals surface area (Å²) < 4.78 is 0. The third-order valence-electron chi connectivity index (χ3n) is 2.91. The predicted molar refractivity (Wildman–Crippen MR) is 75.8 cm³/mol. The molecule has 0 aliphatic heterocycles. The number of unbranched alkanes of at least 4 members (excludes halogenated alkanes) is 5. The molecule has 110 valence electrons. The highest BCUT2D eigenvalue weighted by Crippen LogP contribution is 2.12. The molecule has 0 rings (SSSR count). The summed E-state index contributed by atoms with van der Waals surface area (Å²) in [5.41, 5.74) is 0. The number of aliphatic hydroxyl groups is 4. The van der Waals surface area contributed by atoms with Crippen molar-refractivity contribution in [3.63, 3.8) is 0 Å². The molecule has 0 heterocycles. The van der Waals surface area contributed by atoms with Crippen LogP contribution in [0.3, 0.4) is 0 Å². The number of thioether (sulfide) groups is 1. The Morgan fingerprint density at radius 2 is 1.50 bits per heavy atom. The van der Waals surface area contributed by atoms with E-state index in [-0.39, 0.29) is 0 Å². The first-order valence-electron chi connectivity index (χ1n) is 6.86. The summed E-state index contributed by atoms with van der Waals surface area (Å²) in [5.74, 6) is 1.36. The van der Waals surface area contributed by atoms with E-state index in [0.29, 0.717) is 5.75 Å². The van der Waals surface area contributed by atoms with Gasteiger partial charge in [-0.3, -0.25) is 0 Å². The third kappa shape index (κ3) is 9.16. The Hall–Kier alpha value is 0.190. The smallest absolute Gasteiger partial charge is 0.109 e. The molecule has 0 unspecified atom stereocenters. The molecule has 0 saturated carbocycles. The van der Waals surface area contributed by atoms with Crippen molar-refractivity contribution >= 4 is 11.8 Å². The zero-order valence-corrected chi connectivity index (χ0v) is 12.1. The zero-order chi connectivity index (χ0) is 13.8. The van der Waals surface area contributed by atoms with Gasteiger partial charge >= 0.3 is 0 Å². The standard InChI is InChI=1S/C13H28O4S/c1-2-3-4-5-6-7-8-18-10-12(16)13(17)11(15)9-14/h11-17H,2-10H2,1H3/t11-,12+,13+/m0/s1. The molecule has 0 bridgehead atoms. The topological polar surface area (TPSA) is 80.9 Å². The molecule has 0 spiro atoms. The van der Waals surface area contributed by atoms with Crippen LogP contribution in [0.2, 0.25) is 0 Å². The Morgan fingerprint density at radius 1 is 0.889 bits per heavy atom. The van der Waals surface area contributed by atoms with Crippen LogP contribution in [0.1, 0.15) is 45.4 Å². The Labute approximate surface area is 114 Å². The summed E-state index contributed by atoms with van der Waals surface area (Å²) in [5, 5.41) is 36.8. The van der Waals surface area contributed by atoms with Crippen molar-refractivity contribution in [3.8, 4) is 0 Å². The maximum atomic E-state index is 9.55. The van der Waals surface area contributed by atoms with Gasteiger partial charge in [-0.1, -0.05) is 39.0 Å². The van der Waals surface area contributed by atoms with E-state index >= 15 is 0 Å². The average Bonchev–Trinajstić information content (AvgIpc) is 2.39. The van der Waals surface area contributed by atoms with E-state index < -0.39 is 24.9 Å². The summed E-state index contributed by atoms with van der Waals surface area (Å²) in [4.78, 5) is 0. The lowest BCUT2D eigenvalue weighted by molar-refractivity contribution is -0.0683. The van der Waals surface area contributed by atoms with Crippen LogP contribution in [0, 0.1) is 0 Å². The maximum absolute atomic E-state index is 9.55. The minimum absolute atomic E-state index is 0.396. The van der Waals surface area contributed by atoms with Gasteiger partial charge in [-0.25, -0.2) is 0 Å². The van der Waals surface area contributed by atoms with E-state index in [0.717, 1.165) is 12.2 Å². The number of hydrogen-bond acceptors (Lipinski definition) is 5. The fourth-order valence-corrected chi connectivity index (χ4v) is 2.67. The van der Waals surface area contributed by atoms with Crippen LogP contribution in [-0.2, 0) is 0 Å². The predicted octanol–water partition coefficient (Wildman–Crippen LogP) is 1.16. The van der Waals surface area contributed by atoms with Crippen LogP contribution in [-0.4, -0.2) is 56.9 Å². The van der Waals surface area contributed by atoms with Gasteiger partial charge in [0.25, 0.3) is 0 Å². The van der Waals surface area contributed by atoms with E-state index in [4.69, 9.17) is 10.2 Å². The van der Waals surface area contributed by atoms with Crippen LogP contribution in [0.15, 0.2) is 0 Å². The van der Waals surface area contributed by atoms with Crippen molar-refractivity contribution in [2.45, 2.75) is 63.8 Å². The molecule has 5 heteroatoms. The molecule has 0 saturated heterocycles. The van der Waals surface area contributed by atoms with Crippen LogP contribution >= 0.6 is 11.8 Å². The summed E-state index contributed by atoms with van der Waals surface area (Å²) in [6.45, 7) is 1.67. The molecule has 18 heavy (non-hydrogen) atoms. The Kier molecular flexibility index (Phi) is 12.4. The highest BCUT2D eigenvalue weighted by atomic mass is 32.2. The van der Waals surface area contributed by atoms with Crippen molar-refractivity contribution in [3.05, 3.63) is 0 Å². The van der Waals surface area contributed by atoms with Crippen molar-refractivity contribution in [1.29, 1.82) is 0 Å². The van der Waals surface area contributed by atoms with Crippen molar-refractivity contribution < 1.29 is 20.4 Å². The Morgan fingerprint density at radius 3 is 2.11 bits per heavy atom. The van der Waals surface area contributed by atoms with Crippen LogP contribution in [0.5, 0.6) is 0 Å². The van der Waals surface area contributed by atoms with Crippen molar-refractivity contribution in [1.82, 2.24) is 0 Å². The van der Waals surface area contributed by atoms with Gasteiger partial charge in [0.05, 0.1) is 12.7 Å². The second-order valence-corrected chi connectivity index (χ2v) is 5.80. The third-order valence-corrected chi connectivity index (χ3v) is 4.06. The molecule has 4 nitrogen and oxygen atoms in total. The van der Waals surface area contributed by atoms with E-state index in [1.165, 1.54) is 32.1 Å². The molecule has 0 aromatic rings. The minimum Gasteiger partial charge on any atom is -0.394 e. The molecule has 0 aliphatic carbocycles. The van der Waals surface area contributed by atoms with E-state index in [1.54, 1.807) is 11.8 Å². The Bertz CT molecular complexity index is 180. The SMILES string of the molecule is CCCCCCCCSC[C@@H](O)[C@H](O)[C@@H](O)CO. The quantitative estimate of drug-likeness (QED) is 0.403. The van der Waals surface area contributed by atoms with Crippen molar-refractivity contribution in [2.75, 3.05) is 18.1 Å². The van der Waals surface area contributed by atoms with Gasteiger partial charge in [0.2, 0.25) is 0 Å². The first-order chi connectivity index (χ1) is 8.63. The first-order valence-corrected chi connectivity index (χ1v) is 8.01. The van der Waals surface area contributed by atoms with E-state index in [1.807, 2.05) is 0 Å². The van der Waals surface area contributed by atoms with E-state index in [2.05, 4.69) is 6.92 Å². The van der Waals surface area contributed by atoms with Gasteiger partial charge in [0.1, 0.15) is 12.2 Å². The largest absolute Gasteiger partial charge is 0.394 e. The summed E-state index contributed by atoms with van der Waals surface area (Å²) in [6.07, 6.45) is 3.97. The molecule has 0 fully saturated rings. The summed E-state index contributed by atoms with van der Waals surface area (Å²) in [7, 11) is 0. The molecule has 0 amide bonds. The normalized spacial score (nSPS) is 16.5. The minimum atomic E-state index is -1.26. The fourth-order valence-electron chi connectivity index (χ4n) is 1.65. The Balaban J connectivity index is 3.37. The number of aliphatic hydroxyl groups excluding tert-OH is 4. The van der Waals surface area contributed by atoms with Gasteiger partial charge < -0.3 is 20.4 Å². The lowest BCUT2D eigenvalue weighted by atomic mass is 10.1. The monoisotopic (exact) mass is 280 g/mol. The molecule has 3 atom stereocenters. The molecule has 0 aliphatic rings. The first kappa shape index (κ1) is 18.2. The lowest BCUT2D eigenvalue weighted by Gasteiger charge is -2.21. The van der Waals surface area contributed by atoms with E-state index in [9.17, 15) is 10.2 Å². The molecule has 0 aromatic heterocycles. The molecular formula is C13H28O4S. The average molecular weight is 280 g/mol. The van der Waals surface area contributed by atoms with Crippen molar-refractivity contribution in [2.24, 2.45) is 0 Å². The fraction of sp³-hybridized carbons (Fsp3) is 1.00. The van der Waals surface area contributed by atoms with Gasteiger partial charge in [0.15, 0.2) is 0 Å². The van der Waals surface area contributed by atoms with Gasteiger partial charge in [0, 0.05) is 5.75 Å². The molecule has 0 radical (unpaired) electrons. The van der Waals surface area contributed by atoms with Crippen LogP contribution in [0.25, 0.3) is 0 Å². The number of rotatable bonds is 12. The highest BCUT2D eigenvalue weighted by molar-refractivity contribution is 7.99. The number of hydrogen-bond donors (Lipinski definition) is 4. The summed E-state index contributed by atoms with van der Waals surface area (Å²) in [6, 6.07) is 0. The van der Waals surface area contributed by atoms with Gasteiger partial charge in [-0.15, -0.1) is 0 Å². The molecular weight excluding hydrogens is 252 g/mol. The highest BCUT2D eigenvalue weighted by Gasteiger charge is 2.23. The van der Waals surface area contributed by atoms with Gasteiger partial charge in [-0.2, -0.15) is 11.8 Å². The van der Waals surface area contributed by atoms with Crippen LogP contribution in [0.4, 0.5) is 0 Å². The zero-order valence-electron chi connectivity index (χ0n) is 11.3. The molecule has 0 aromatic carbocycles.